The fourth-order valence-electron chi connectivity index (χ4n) is 3.20. The zero-order valence-corrected chi connectivity index (χ0v) is 15.4. The maximum Gasteiger partial charge on any atom is 0.289 e. The molecule has 1 fully saturated rings. The molecule has 7 heteroatoms. The summed E-state index contributed by atoms with van der Waals surface area (Å²) in [6, 6.07) is 3.46. The summed E-state index contributed by atoms with van der Waals surface area (Å²) in [6.07, 6.45) is 5.70. The van der Waals surface area contributed by atoms with Crippen molar-refractivity contribution in [3.63, 3.8) is 0 Å². The minimum absolute atomic E-state index is 0.0388. The lowest BCUT2D eigenvalue weighted by Crippen LogP contribution is -2.53. The fourth-order valence-corrected chi connectivity index (χ4v) is 3.20. The molecule has 0 saturated carbocycles. The van der Waals surface area contributed by atoms with Crippen LogP contribution in [0.4, 0.5) is 0 Å². The first-order chi connectivity index (χ1) is 12.8. The standard InChI is InChI=1S/C19H28N4O3/c1-2-20-19(21-8-5-16-6-14-25-15-7-16)23-11-9-22(10-12-23)18(24)17-4-3-13-26-17/h3-4,6,13H,2,5,7-12,14-15H2,1H3,(H,20,21). The second-order valence-corrected chi connectivity index (χ2v) is 6.43. The molecule has 0 spiro atoms. The highest BCUT2D eigenvalue weighted by molar-refractivity contribution is 5.91. The summed E-state index contributed by atoms with van der Waals surface area (Å²) in [5, 5.41) is 3.37. The minimum atomic E-state index is -0.0388. The number of amides is 1. The van der Waals surface area contributed by atoms with E-state index < -0.39 is 0 Å². The molecule has 2 aliphatic heterocycles. The van der Waals surface area contributed by atoms with Crippen molar-refractivity contribution in [2.75, 3.05) is 52.5 Å². The van der Waals surface area contributed by atoms with Crippen molar-refractivity contribution in [2.45, 2.75) is 19.8 Å². The summed E-state index contributed by atoms with van der Waals surface area (Å²) in [7, 11) is 0. The zero-order valence-electron chi connectivity index (χ0n) is 15.4. The second-order valence-electron chi connectivity index (χ2n) is 6.43. The van der Waals surface area contributed by atoms with Gasteiger partial charge in [0, 0.05) is 39.3 Å². The Bertz CT molecular complexity index is 631. The fraction of sp³-hybridized carbons (Fsp3) is 0.579. The Morgan fingerprint density at radius 1 is 1.27 bits per heavy atom. The summed E-state index contributed by atoms with van der Waals surface area (Å²) in [6.45, 7) is 8.13. The number of hydrogen-bond acceptors (Lipinski definition) is 4. The molecule has 0 aliphatic carbocycles. The van der Waals surface area contributed by atoms with Crippen LogP contribution in [0.2, 0.25) is 0 Å². The third-order valence-corrected chi connectivity index (χ3v) is 4.69. The number of hydrogen-bond donors (Lipinski definition) is 1. The Hall–Kier alpha value is -2.28. The van der Waals surface area contributed by atoms with Gasteiger partial charge >= 0.3 is 0 Å². The molecule has 1 saturated heterocycles. The van der Waals surface area contributed by atoms with Gasteiger partial charge in [-0.3, -0.25) is 9.79 Å². The van der Waals surface area contributed by atoms with E-state index in [1.54, 1.807) is 12.1 Å². The summed E-state index contributed by atoms with van der Waals surface area (Å²) in [5.74, 6) is 1.30. The van der Waals surface area contributed by atoms with E-state index in [0.29, 0.717) is 18.8 Å². The van der Waals surface area contributed by atoms with Crippen molar-refractivity contribution in [2.24, 2.45) is 4.99 Å². The topological polar surface area (TPSA) is 70.3 Å². The van der Waals surface area contributed by atoms with E-state index in [-0.39, 0.29) is 5.91 Å². The van der Waals surface area contributed by atoms with E-state index in [2.05, 4.69) is 23.2 Å². The van der Waals surface area contributed by atoms with Crippen LogP contribution in [0, 0.1) is 0 Å². The Balaban J connectivity index is 1.51. The molecular formula is C19H28N4O3. The molecule has 1 aromatic rings. The predicted octanol–water partition coefficient (Wildman–Crippen LogP) is 1.74. The van der Waals surface area contributed by atoms with Gasteiger partial charge in [-0.2, -0.15) is 0 Å². The summed E-state index contributed by atoms with van der Waals surface area (Å²) < 4.78 is 10.6. The molecule has 3 rings (SSSR count). The molecule has 0 bridgehead atoms. The lowest BCUT2D eigenvalue weighted by Gasteiger charge is -2.36. The zero-order chi connectivity index (χ0) is 18.2. The van der Waals surface area contributed by atoms with Crippen LogP contribution < -0.4 is 5.32 Å². The average Bonchev–Trinajstić information content (AvgIpc) is 3.23. The van der Waals surface area contributed by atoms with Gasteiger partial charge in [0.05, 0.1) is 19.5 Å². The molecule has 2 aliphatic rings. The highest BCUT2D eigenvalue weighted by Gasteiger charge is 2.25. The number of carbonyl (C=O) groups is 1. The highest BCUT2D eigenvalue weighted by Crippen LogP contribution is 2.12. The summed E-state index contributed by atoms with van der Waals surface area (Å²) in [5.41, 5.74) is 1.43. The number of furan rings is 1. The number of carbonyl (C=O) groups excluding carboxylic acids is 1. The van der Waals surface area contributed by atoms with Crippen molar-refractivity contribution >= 4 is 11.9 Å². The lowest BCUT2D eigenvalue weighted by atomic mass is 10.1. The molecule has 0 radical (unpaired) electrons. The first kappa shape index (κ1) is 18.5. The van der Waals surface area contributed by atoms with Gasteiger partial charge < -0.3 is 24.3 Å². The van der Waals surface area contributed by atoms with Crippen LogP contribution in [0.25, 0.3) is 0 Å². The monoisotopic (exact) mass is 360 g/mol. The van der Waals surface area contributed by atoms with Crippen molar-refractivity contribution in [1.29, 1.82) is 0 Å². The molecule has 0 aromatic carbocycles. The number of guanidine groups is 1. The van der Waals surface area contributed by atoms with Crippen molar-refractivity contribution in [3.8, 4) is 0 Å². The maximum atomic E-state index is 12.4. The number of aliphatic imine (C=N–C) groups is 1. The Labute approximate surface area is 154 Å². The van der Waals surface area contributed by atoms with Crippen LogP contribution in [0.1, 0.15) is 30.3 Å². The molecule has 7 nitrogen and oxygen atoms in total. The number of rotatable bonds is 5. The van der Waals surface area contributed by atoms with Gasteiger partial charge in [0.15, 0.2) is 11.7 Å². The molecule has 1 N–H and O–H groups in total. The Morgan fingerprint density at radius 3 is 2.73 bits per heavy atom. The number of nitrogens with zero attached hydrogens (tertiary/aromatic N) is 3. The lowest BCUT2D eigenvalue weighted by molar-refractivity contribution is 0.0657. The molecular weight excluding hydrogens is 332 g/mol. The van der Waals surface area contributed by atoms with Crippen LogP contribution in [-0.4, -0.2) is 74.1 Å². The molecule has 26 heavy (non-hydrogen) atoms. The number of ether oxygens (including phenoxy) is 1. The molecule has 142 valence electrons. The van der Waals surface area contributed by atoms with E-state index in [1.165, 1.54) is 11.8 Å². The van der Waals surface area contributed by atoms with Crippen LogP contribution in [0.3, 0.4) is 0 Å². The van der Waals surface area contributed by atoms with Crippen molar-refractivity contribution in [3.05, 3.63) is 35.8 Å². The van der Waals surface area contributed by atoms with Gasteiger partial charge in [-0.25, -0.2) is 0 Å². The van der Waals surface area contributed by atoms with Gasteiger partial charge in [-0.15, -0.1) is 0 Å². The summed E-state index contributed by atoms with van der Waals surface area (Å²) >= 11 is 0. The SMILES string of the molecule is CCNC(=NCCC1=CCOCC1)N1CCN(C(=O)c2ccco2)CC1. The van der Waals surface area contributed by atoms with Crippen molar-refractivity contribution < 1.29 is 13.9 Å². The largest absolute Gasteiger partial charge is 0.459 e. The van der Waals surface area contributed by atoms with E-state index in [4.69, 9.17) is 14.1 Å². The number of nitrogens with one attached hydrogen (secondary N) is 1. The predicted molar refractivity (Wildman–Crippen MR) is 100 cm³/mol. The van der Waals surface area contributed by atoms with Crippen LogP contribution in [-0.2, 0) is 4.74 Å². The highest BCUT2D eigenvalue weighted by atomic mass is 16.5. The molecule has 0 atom stereocenters. The van der Waals surface area contributed by atoms with E-state index in [0.717, 1.165) is 58.2 Å². The molecule has 0 unspecified atom stereocenters. The molecule has 3 heterocycles. The second kappa shape index (κ2) is 9.43. The van der Waals surface area contributed by atoms with Crippen LogP contribution in [0.5, 0.6) is 0 Å². The normalized spacial score (nSPS) is 18.7. The first-order valence-corrected chi connectivity index (χ1v) is 9.39. The minimum Gasteiger partial charge on any atom is -0.459 e. The van der Waals surface area contributed by atoms with Gasteiger partial charge in [0.2, 0.25) is 0 Å². The van der Waals surface area contributed by atoms with Gasteiger partial charge in [0.25, 0.3) is 5.91 Å². The van der Waals surface area contributed by atoms with Crippen LogP contribution >= 0.6 is 0 Å². The third kappa shape index (κ3) is 4.88. The van der Waals surface area contributed by atoms with Crippen LogP contribution in [0.15, 0.2) is 39.5 Å². The Kier molecular flexibility index (Phi) is 6.71. The van der Waals surface area contributed by atoms with Gasteiger partial charge in [0.1, 0.15) is 0 Å². The average molecular weight is 360 g/mol. The van der Waals surface area contributed by atoms with E-state index >= 15 is 0 Å². The van der Waals surface area contributed by atoms with Gasteiger partial charge in [-0.05, 0) is 31.9 Å². The summed E-state index contributed by atoms with van der Waals surface area (Å²) in [4.78, 5) is 21.2. The third-order valence-electron chi connectivity index (χ3n) is 4.69. The van der Waals surface area contributed by atoms with Gasteiger partial charge in [-0.1, -0.05) is 11.6 Å². The smallest absolute Gasteiger partial charge is 0.289 e. The quantitative estimate of drug-likeness (QED) is 0.492. The van der Waals surface area contributed by atoms with E-state index in [1.807, 2.05) is 4.90 Å². The molecule has 1 amide bonds. The van der Waals surface area contributed by atoms with Crippen molar-refractivity contribution in [1.82, 2.24) is 15.1 Å². The van der Waals surface area contributed by atoms with E-state index in [9.17, 15) is 4.79 Å². The maximum absolute atomic E-state index is 12.4. The molecule has 1 aromatic heterocycles. The Morgan fingerprint density at radius 2 is 2.08 bits per heavy atom. The number of piperazine rings is 1. The first-order valence-electron chi connectivity index (χ1n) is 9.39.